The van der Waals surface area contributed by atoms with Crippen molar-refractivity contribution in [1.29, 1.82) is 0 Å². The summed E-state index contributed by atoms with van der Waals surface area (Å²) in [5, 5.41) is 1.81. The number of aryl methyl sites for hydroxylation is 1. The molecule has 0 aliphatic heterocycles. The first-order valence-electron chi connectivity index (χ1n) is 7.97. The van der Waals surface area contributed by atoms with E-state index in [-0.39, 0.29) is 17.8 Å². The summed E-state index contributed by atoms with van der Waals surface area (Å²) in [7, 11) is 0. The Morgan fingerprint density at radius 1 is 1.15 bits per heavy atom. The second kappa shape index (κ2) is 7.40. The van der Waals surface area contributed by atoms with Crippen molar-refractivity contribution in [1.82, 2.24) is 4.98 Å². The lowest BCUT2D eigenvalue weighted by atomic mass is 10.1. The summed E-state index contributed by atoms with van der Waals surface area (Å²) in [5.74, 6) is -0.663. The van der Waals surface area contributed by atoms with Crippen LogP contribution in [0.4, 0.5) is 18.9 Å². The highest BCUT2D eigenvalue weighted by Crippen LogP contribution is 2.32. The van der Waals surface area contributed by atoms with Crippen LogP contribution < -0.4 is 10.5 Å². The molecule has 4 nitrogen and oxygen atoms in total. The minimum atomic E-state index is -4.53. The molecule has 2 heterocycles. The summed E-state index contributed by atoms with van der Waals surface area (Å²) < 4.78 is 39.3. The fourth-order valence-electron chi connectivity index (χ4n) is 2.57. The first kappa shape index (κ1) is 18.9. The number of anilines is 1. The second-order valence-electron chi connectivity index (χ2n) is 5.90. The van der Waals surface area contributed by atoms with Crippen LogP contribution in [0.15, 0.2) is 58.7 Å². The number of carbonyl (C=O) groups excluding carboxylic acids is 1. The molecule has 0 aliphatic rings. The van der Waals surface area contributed by atoms with Gasteiger partial charge in [0.05, 0.1) is 12.1 Å². The van der Waals surface area contributed by atoms with Gasteiger partial charge in [-0.3, -0.25) is 9.59 Å². The summed E-state index contributed by atoms with van der Waals surface area (Å²) in [5.41, 5.74) is -0.914. The number of thiophene rings is 1. The van der Waals surface area contributed by atoms with Crippen molar-refractivity contribution >= 4 is 22.9 Å². The number of hydrogen-bond acceptors (Lipinski definition) is 3. The number of benzene rings is 1. The maximum atomic E-state index is 13.1. The topological polar surface area (TPSA) is 53.2 Å². The predicted octanol–water partition coefficient (Wildman–Crippen LogP) is 4.61. The minimum absolute atomic E-state index is 0.0606. The molecule has 0 aliphatic carbocycles. The molecule has 27 heavy (non-hydrogen) atoms. The van der Waals surface area contributed by atoms with Crippen LogP contribution in [0.1, 0.15) is 26.5 Å². The number of halogens is 3. The maximum absolute atomic E-state index is 13.1. The molecule has 0 unspecified atom stereocenters. The smallest absolute Gasteiger partial charge is 0.326 e. The first-order valence-corrected chi connectivity index (χ1v) is 8.85. The van der Waals surface area contributed by atoms with Gasteiger partial charge in [-0.05, 0) is 48.7 Å². The van der Waals surface area contributed by atoms with Gasteiger partial charge in [0.2, 0.25) is 0 Å². The van der Waals surface area contributed by atoms with E-state index in [0.29, 0.717) is 5.69 Å². The predicted molar refractivity (Wildman–Crippen MR) is 98.1 cm³/mol. The van der Waals surface area contributed by atoms with E-state index in [9.17, 15) is 22.8 Å². The molecular formula is C19H15F3N2O2S. The van der Waals surface area contributed by atoms with Crippen LogP contribution >= 0.6 is 11.3 Å². The second-order valence-corrected chi connectivity index (χ2v) is 6.94. The normalized spacial score (nSPS) is 11.4. The Hall–Kier alpha value is -2.87. The summed E-state index contributed by atoms with van der Waals surface area (Å²) >= 11 is 1.37. The van der Waals surface area contributed by atoms with Gasteiger partial charge in [0.15, 0.2) is 0 Å². The standard InChI is InChI=1S/C19H15F3N2O2S/c1-12-7-8-16(17(25)23-12)18(26)24(11-15-6-3-9-27-15)14-5-2-4-13(10-14)19(20,21)22/h2-10H,11H2,1H3,(H,23,25). The Balaban J connectivity index is 2.06. The van der Waals surface area contributed by atoms with Crippen LogP contribution in [0.2, 0.25) is 0 Å². The Morgan fingerprint density at radius 2 is 1.93 bits per heavy atom. The lowest BCUT2D eigenvalue weighted by Crippen LogP contribution is -2.34. The van der Waals surface area contributed by atoms with Gasteiger partial charge in [-0.15, -0.1) is 11.3 Å². The number of aromatic amines is 1. The zero-order chi connectivity index (χ0) is 19.6. The third-order valence-electron chi connectivity index (χ3n) is 3.91. The number of rotatable bonds is 4. The van der Waals surface area contributed by atoms with Crippen LogP contribution in [0.25, 0.3) is 0 Å². The fourth-order valence-corrected chi connectivity index (χ4v) is 3.27. The van der Waals surface area contributed by atoms with E-state index in [1.165, 1.54) is 34.4 Å². The van der Waals surface area contributed by atoms with Gasteiger partial charge in [-0.1, -0.05) is 12.1 Å². The summed E-state index contributed by atoms with van der Waals surface area (Å²) in [4.78, 5) is 29.7. The Labute approximate surface area is 156 Å². The molecule has 8 heteroatoms. The molecule has 0 radical (unpaired) electrons. The van der Waals surface area contributed by atoms with Crippen molar-refractivity contribution in [2.75, 3.05) is 4.90 Å². The van der Waals surface area contributed by atoms with Crippen molar-refractivity contribution < 1.29 is 18.0 Å². The average molecular weight is 392 g/mol. The number of carbonyl (C=O) groups is 1. The molecule has 0 saturated carbocycles. The molecule has 0 bridgehead atoms. The molecular weight excluding hydrogens is 377 g/mol. The fraction of sp³-hybridized carbons (Fsp3) is 0.158. The van der Waals surface area contributed by atoms with Crippen LogP contribution in [0, 0.1) is 6.92 Å². The van der Waals surface area contributed by atoms with Gasteiger partial charge in [0, 0.05) is 16.3 Å². The first-order chi connectivity index (χ1) is 12.8. The molecule has 1 N–H and O–H groups in total. The van der Waals surface area contributed by atoms with Crippen molar-refractivity contribution in [3.8, 4) is 0 Å². The monoisotopic (exact) mass is 392 g/mol. The highest BCUT2D eigenvalue weighted by Gasteiger charge is 2.31. The van der Waals surface area contributed by atoms with E-state index in [4.69, 9.17) is 0 Å². The zero-order valence-electron chi connectivity index (χ0n) is 14.2. The van der Waals surface area contributed by atoms with Gasteiger partial charge in [-0.2, -0.15) is 13.2 Å². The number of hydrogen-bond donors (Lipinski definition) is 1. The van der Waals surface area contributed by atoms with Crippen molar-refractivity contribution in [3.63, 3.8) is 0 Å². The molecule has 0 fully saturated rings. The summed E-state index contributed by atoms with van der Waals surface area (Å²) in [6.07, 6.45) is -4.53. The Bertz CT molecular complexity index is 1010. The number of amides is 1. The van der Waals surface area contributed by atoms with E-state index >= 15 is 0 Å². The van der Waals surface area contributed by atoms with E-state index in [1.807, 2.05) is 5.38 Å². The number of aromatic nitrogens is 1. The number of nitrogens with one attached hydrogen (secondary N) is 1. The highest BCUT2D eigenvalue weighted by molar-refractivity contribution is 7.09. The third-order valence-corrected chi connectivity index (χ3v) is 4.77. The van der Waals surface area contributed by atoms with Crippen molar-refractivity contribution in [2.24, 2.45) is 0 Å². The third kappa shape index (κ3) is 4.28. The Kier molecular flexibility index (Phi) is 5.18. The van der Waals surface area contributed by atoms with Crippen molar-refractivity contribution in [2.45, 2.75) is 19.6 Å². The van der Waals surface area contributed by atoms with Gasteiger partial charge in [-0.25, -0.2) is 0 Å². The molecule has 0 atom stereocenters. The van der Waals surface area contributed by atoms with Crippen LogP contribution in [-0.4, -0.2) is 10.9 Å². The number of pyridine rings is 1. The molecule has 1 amide bonds. The lowest BCUT2D eigenvalue weighted by Gasteiger charge is -2.23. The minimum Gasteiger partial charge on any atom is -0.326 e. The molecule has 0 spiro atoms. The number of alkyl halides is 3. The van der Waals surface area contributed by atoms with E-state index in [2.05, 4.69) is 4.98 Å². The summed E-state index contributed by atoms with van der Waals surface area (Å²) in [6, 6.07) is 11.0. The average Bonchev–Trinajstić information content (AvgIpc) is 3.12. The van der Waals surface area contributed by atoms with Gasteiger partial charge >= 0.3 is 6.18 Å². The van der Waals surface area contributed by atoms with E-state index in [1.54, 1.807) is 25.1 Å². The molecule has 0 saturated heterocycles. The molecule has 2 aromatic heterocycles. The van der Waals surface area contributed by atoms with E-state index < -0.39 is 23.2 Å². The van der Waals surface area contributed by atoms with Crippen LogP contribution in [0.5, 0.6) is 0 Å². The number of nitrogens with zero attached hydrogens (tertiary/aromatic N) is 1. The molecule has 3 rings (SSSR count). The van der Waals surface area contributed by atoms with Gasteiger partial charge in [0.1, 0.15) is 5.56 Å². The molecule has 3 aromatic rings. The van der Waals surface area contributed by atoms with Crippen LogP contribution in [0.3, 0.4) is 0 Å². The number of H-pyrrole nitrogens is 1. The maximum Gasteiger partial charge on any atom is 0.416 e. The highest BCUT2D eigenvalue weighted by atomic mass is 32.1. The largest absolute Gasteiger partial charge is 0.416 e. The summed E-state index contributed by atoms with van der Waals surface area (Å²) in [6.45, 7) is 1.73. The quantitative estimate of drug-likeness (QED) is 0.705. The molecule has 1 aromatic carbocycles. The van der Waals surface area contributed by atoms with Gasteiger partial charge < -0.3 is 9.88 Å². The SMILES string of the molecule is Cc1ccc(C(=O)N(Cc2cccs2)c2cccc(C(F)(F)F)c2)c(=O)[nH]1. The van der Waals surface area contributed by atoms with Crippen molar-refractivity contribution in [3.05, 3.63) is 86.0 Å². The van der Waals surface area contributed by atoms with Gasteiger partial charge in [0.25, 0.3) is 11.5 Å². The van der Waals surface area contributed by atoms with E-state index in [0.717, 1.165) is 17.0 Å². The van der Waals surface area contributed by atoms with Crippen LogP contribution in [-0.2, 0) is 12.7 Å². The lowest BCUT2D eigenvalue weighted by molar-refractivity contribution is -0.137. The Morgan fingerprint density at radius 3 is 2.56 bits per heavy atom. The molecule has 140 valence electrons. The zero-order valence-corrected chi connectivity index (χ0v) is 15.0.